The van der Waals surface area contributed by atoms with Crippen molar-refractivity contribution >= 4 is 23.1 Å². The van der Waals surface area contributed by atoms with Gasteiger partial charge in [-0.1, -0.05) is 42.5 Å². The Morgan fingerprint density at radius 3 is 2.20 bits per heavy atom. The fraction of sp³-hybridized carbons (Fsp3) is 0.0870. The van der Waals surface area contributed by atoms with Gasteiger partial charge >= 0.3 is 0 Å². The van der Waals surface area contributed by atoms with E-state index in [0.29, 0.717) is 24.1 Å². The molecule has 7 nitrogen and oxygen atoms in total. The van der Waals surface area contributed by atoms with Gasteiger partial charge < -0.3 is 20.1 Å². The molecule has 0 saturated heterocycles. The van der Waals surface area contributed by atoms with Gasteiger partial charge in [-0.05, 0) is 43.3 Å². The first kappa shape index (κ1) is 19.2. The van der Waals surface area contributed by atoms with Crippen molar-refractivity contribution in [2.24, 2.45) is 0 Å². The summed E-state index contributed by atoms with van der Waals surface area (Å²) in [5.41, 5.74) is 1.54. The molecule has 0 saturated carbocycles. The number of nitrogens with one attached hydrogen (secondary N) is 2. The van der Waals surface area contributed by atoms with E-state index in [4.69, 9.17) is 9.47 Å². The largest absolute Gasteiger partial charge is 0.492 e. The normalized spacial score (nSPS) is 10.3. The highest BCUT2D eigenvalue weighted by molar-refractivity contribution is 5.66. The smallest absolute Gasteiger partial charge is 0.249 e. The lowest BCUT2D eigenvalue weighted by molar-refractivity contribution is 0.342. The number of aromatic nitrogens is 3. The highest BCUT2D eigenvalue weighted by Gasteiger charge is 2.09. The molecule has 150 valence electrons. The zero-order valence-electron chi connectivity index (χ0n) is 16.4. The van der Waals surface area contributed by atoms with Crippen LogP contribution in [0.25, 0.3) is 0 Å². The van der Waals surface area contributed by atoms with Crippen LogP contribution in [0.15, 0.2) is 85.1 Å². The van der Waals surface area contributed by atoms with E-state index in [0.717, 1.165) is 22.9 Å². The predicted molar refractivity (Wildman–Crippen MR) is 117 cm³/mol. The number of hydrogen-bond acceptors (Lipinski definition) is 7. The SMILES string of the molecule is CCOc1ccccc1Nc1nncc(Nc2ccccc2Oc2ccccc2)n1. The van der Waals surface area contributed by atoms with Crippen LogP contribution in [0.3, 0.4) is 0 Å². The predicted octanol–water partition coefficient (Wildman–Crippen LogP) is 5.55. The van der Waals surface area contributed by atoms with Gasteiger partial charge in [0.15, 0.2) is 11.6 Å². The number of rotatable bonds is 8. The molecule has 0 spiro atoms. The van der Waals surface area contributed by atoms with E-state index in [9.17, 15) is 0 Å². The summed E-state index contributed by atoms with van der Waals surface area (Å²) in [6.45, 7) is 2.51. The van der Waals surface area contributed by atoms with E-state index >= 15 is 0 Å². The van der Waals surface area contributed by atoms with Gasteiger partial charge in [0.25, 0.3) is 0 Å². The quantitative estimate of drug-likeness (QED) is 0.402. The molecule has 30 heavy (non-hydrogen) atoms. The van der Waals surface area contributed by atoms with Gasteiger partial charge in [-0.25, -0.2) is 0 Å². The van der Waals surface area contributed by atoms with E-state index in [1.165, 1.54) is 0 Å². The third kappa shape index (κ3) is 4.82. The minimum atomic E-state index is 0.355. The second kappa shape index (κ2) is 9.38. The second-order valence-electron chi connectivity index (χ2n) is 6.26. The van der Waals surface area contributed by atoms with Crippen LogP contribution in [-0.4, -0.2) is 21.8 Å². The van der Waals surface area contributed by atoms with E-state index < -0.39 is 0 Å². The molecule has 1 heterocycles. The van der Waals surface area contributed by atoms with Crippen molar-refractivity contribution in [2.45, 2.75) is 6.92 Å². The molecular formula is C23H21N5O2. The summed E-state index contributed by atoms with van der Waals surface area (Å²) in [7, 11) is 0. The van der Waals surface area contributed by atoms with E-state index in [1.54, 1.807) is 6.20 Å². The van der Waals surface area contributed by atoms with Gasteiger partial charge in [0.05, 0.1) is 24.2 Å². The monoisotopic (exact) mass is 399 g/mol. The number of nitrogens with zero attached hydrogens (tertiary/aromatic N) is 3. The van der Waals surface area contributed by atoms with Gasteiger partial charge in [-0.3, -0.25) is 0 Å². The minimum absolute atomic E-state index is 0.355. The van der Waals surface area contributed by atoms with Crippen molar-refractivity contribution in [3.05, 3.63) is 85.1 Å². The fourth-order valence-corrected chi connectivity index (χ4v) is 2.80. The maximum absolute atomic E-state index is 5.99. The number of anilines is 4. The van der Waals surface area contributed by atoms with Crippen LogP contribution >= 0.6 is 0 Å². The van der Waals surface area contributed by atoms with Crippen LogP contribution in [0.2, 0.25) is 0 Å². The lowest BCUT2D eigenvalue weighted by Gasteiger charge is -2.13. The van der Waals surface area contributed by atoms with Crippen molar-refractivity contribution < 1.29 is 9.47 Å². The third-order valence-corrected chi connectivity index (χ3v) is 4.11. The summed E-state index contributed by atoms with van der Waals surface area (Å²) in [6.07, 6.45) is 1.55. The standard InChI is InChI=1S/C23H21N5O2/c1-2-29-20-14-8-6-12-18(20)26-23-27-22(16-24-28-23)25-19-13-7-9-15-21(19)30-17-10-4-3-5-11-17/h3-16H,2H2,1H3,(H2,25,26,27,28). The summed E-state index contributed by atoms with van der Waals surface area (Å²) in [5, 5.41) is 14.5. The molecular weight excluding hydrogens is 378 g/mol. The molecule has 0 amide bonds. The van der Waals surface area contributed by atoms with E-state index in [1.807, 2.05) is 85.8 Å². The van der Waals surface area contributed by atoms with Crippen molar-refractivity contribution in [2.75, 3.05) is 17.2 Å². The van der Waals surface area contributed by atoms with Crippen LogP contribution in [-0.2, 0) is 0 Å². The van der Waals surface area contributed by atoms with Crippen LogP contribution in [0.5, 0.6) is 17.2 Å². The first-order valence-corrected chi connectivity index (χ1v) is 9.59. The van der Waals surface area contributed by atoms with Crippen molar-refractivity contribution in [1.82, 2.24) is 15.2 Å². The van der Waals surface area contributed by atoms with Crippen molar-refractivity contribution in [3.8, 4) is 17.2 Å². The molecule has 4 rings (SSSR count). The Kier molecular flexibility index (Phi) is 6.00. The molecule has 0 aliphatic rings. The zero-order valence-corrected chi connectivity index (χ0v) is 16.4. The lowest BCUT2D eigenvalue weighted by atomic mass is 10.3. The molecule has 0 aliphatic heterocycles. The van der Waals surface area contributed by atoms with Crippen LogP contribution in [0.4, 0.5) is 23.1 Å². The highest BCUT2D eigenvalue weighted by Crippen LogP contribution is 2.31. The first-order chi connectivity index (χ1) is 14.8. The Morgan fingerprint density at radius 2 is 1.43 bits per heavy atom. The van der Waals surface area contributed by atoms with E-state index in [-0.39, 0.29) is 0 Å². The lowest BCUT2D eigenvalue weighted by Crippen LogP contribution is -2.04. The average Bonchev–Trinajstić information content (AvgIpc) is 2.78. The Bertz CT molecular complexity index is 1110. The summed E-state index contributed by atoms with van der Waals surface area (Å²) >= 11 is 0. The summed E-state index contributed by atoms with van der Waals surface area (Å²) < 4.78 is 11.6. The molecule has 0 radical (unpaired) electrons. The molecule has 3 aromatic carbocycles. The molecule has 4 aromatic rings. The Balaban J connectivity index is 1.53. The molecule has 7 heteroatoms. The summed E-state index contributed by atoms with van der Waals surface area (Å²) in [6, 6.07) is 24.9. The second-order valence-corrected chi connectivity index (χ2v) is 6.26. The topological polar surface area (TPSA) is 81.2 Å². The van der Waals surface area contributed by atoms with Gasteiger partial charge in [0.2, 0.25) is 5.95 Å². The molecule has 1 aromatic heterocycles. The Labute approximate surface area is 174 Å². The van der Waals surface area contributed by atoms with Crippen LogP contribution in [0.1, 0.15) is 6.92 Å². The van der Waals surface area contributed by atoms with Crippen molar-refractivity contribution in [3.63, 3.8) is 0 Å². The Morgan fingerprint density at radius 1 is 0.767 bits per heavy atom. The van der Waals surface area contributed by atoms with Crippen LogP contribution in [0, 0.1) is 0 Å². The molecule has 0 aliphatic carbocycles. The number of hydrogen-bond donors (Lipinski definition) is 2. The van der Waals surface area contributed by atoms with E-state index in [2.05, 4.69) is 25.8 Å². The Hall–Kier alpha value is -4.13. The number of para-hydroxylation sites is 5. The van der Waals surface area contributed by atoms with Gasteiger partial charge in [0, 0.05) is 0 Å². The minimum Gasteiger partial charge on any atom is -0.492 e. The first-order valence-electron chi connectivity index (χ1n) is 9.59. The number of ether oxygens (including phenoxy) is 2. The fourth-order valence-electron chi connectivity index (χ4n) is 2.80. The molecule has 0 bridgehead atoms. The molecule has 0 atom stereocenters. The maximum Gasteiger partial charge on any atom is 0.249 e. The van der Waals surface area contributed by atoms with Gasteiger partial charge in [-0.2, -0.15) is 10.1 Å². The molecule has 0 fully saturated rings. The number of benzene rings is 3. The molecule has 2 N–H and O–H groups in total. The maximum atomic E-state index is 5.99. The molecule has 0 unspecified atom stereocenters. The summed E-state index contributed by atoms with van der Waals surface area (Å²) in [5.74, 6) is 3.05. The summed E-state index contributed by atoms with van der Waals surface area (Å²) in [4.78, 5) is 4.51. The highest BCUT2D eigenvalue weighted by atomic mass is 16.5. The zero-order chi connectivity index (χ0) is 20.6. The van der Waals surface area contributed by atoms with Gasteiger partial charge in [-0.15, -0.1) is 5.10 Å². The average molecular weight is 399 g/mol. The van der Waals surface area contributed by atoms with Crippen molar-refractivity contribution in [1.29, 1.82) is 0 Å². The van der Waals surface area contributed by atoms with Crippen LogP contribution < -0.4 is 20.1 Å². The third-order valence-electron chi connectivity index (χ3n) is 4.11. The van der Waals surface area contributed by atoms with Gasteiger partial charge in [0.1, 0.15) is 11.5 Å².